The van der Waals surface area contributed by atoms with Crippen LogP contribution in [0.2, 0.25) is 0 Å². The average Bonchev–Trinajstić information content (AvgIpc) is 3.08. The number of carbonyl (C=O) groups is 1. The molecule has 1 fully saturated rings. The van der Waals surface area contributed by atoms with Gasteiger partial charge in [-0.1, -0.05) is 6.92 Å². The minimum absolute atomic E-state index is 0.0131. The summed E-state index contributed by atoms with van der Waals surface area (Å²) in [7, 11) is 0. The maximum atomic E-state index is 12.5. The highest BCUT2D eigenvalue weighted by Gasteiger charge is 2.18. The first kappa shape index (κ1) is 16.0. The first-order valence-electron chi connectivity index (χ1n) is 9.01. The number of hydrazone groups is 1. The summed E-state index contributed by atoms with van der Waals surface area (Å²) in [5.74, 6) is 1.19. The van der Waals surface area contributed by atoms with Crippen LogP contribution in [0.3, 0.4) is 0 Å². The molecule has 2 aliphatic rings. The Morgan fingerprint density at radius 2 is 2.20 bits per heavy atom. The molecule has 1 N–H and O–H groups in total. The molecular weight excluding hydrogens is 316 g/mol. The number of nitrogens with zero attached hydrogens (tertiary/aromatic N) is 3. The lowest BCUT2D eigenvalue weighted by molar-refractivity contribution is 0.0954. The first-order chi connectivity index (χ1) is 12.1. The van der Waals surface area contributed by atoms with E-state index in [1.807, 2.05) is 0 Å². The molecule has 1 atom stereocenters. The number of aryl methyl sites for hydroxylation is 1. The molecule has 1 aromatic heterocycles. The molecular formula is C19H22N4O2. The van der Waals surface area contributed by atoms with E-state index < -0.39 is 0 Å². The molecule has 0 radical (unpaired) electrons. The second-order valence-electron chi connectivity index (χ2n) is 7.14. The number of amides is 1. The monoisotopic (exact) mass is 338 g/mol. The number of hydrogen-bond donors (Lipinski definition) is 1. The van der Waals surface area contributed by atoms with Gasteiger partial charge in [-0.05, 0) is 56.2 Å². The summed E-state index contributed by atoms with van der Waals surface area (Å²) in [6.45, 7) is 2.94. The molecule has 6 heteroatoms. The molecule has 4 rings (SSSR count). The van der Waals surface area contributed by atoms with Crippen LogP contribution in [-0.2, 0) is 13.0 Å². The molecule has 1 amide bonds. The molecule has 0 saturated heterocycles. The van der Waals surface area contributed by atoms with E-state index in [9.17, 15) is 9.59 Å². The van der Waals surface area contributed by atoms with Crippen molar-refractivity contribution < 1.29 is 4.79 Å². The van der Waals surface area contributed by atoms with E-state index >= 15 is 0 Å². The Morgan fingerprint density at radius 1 is 1.32 bits per heavy atom. The average molecular weight is 338 g/mol. The van der Waals surface area contributed by atoms with Crippen molar-refractivity contribution in [1.29, 1.82) is 0 Å². The molecule has 130 valence electrons. The quantitative estimate of drug-likeness (QED) is 0.855. The normalized spacial score (nSPS) is 21.5. The van der Waals surface area contributed by atoms with Crippen molar-refractivity contribution in [3.8, 4) is 0 Å². The largest absolute Gasteiger partial charge is 0.296 e. The van der Waals surface area contributed by atoms with Crippen LogP contribution in [-0.4, -0.2) is 21.2 Å². The highest BCUT2D eigenvalue weighted by Crippen LogP contribution is 2.21. The molecule has 0 unspecified atom stereocenters. The lowest BCUT2D eigenvalue weighted by Crippen LogP contribution is -2.23. The van der Waals surface area contributed by atoms with E-state index in [-0.39, 0.29) is 11.5 Å². The van der Waals surface area contributed by atoms with Crippen molar-refractivity contribution in [2.75, 3.05) is 0 Å². The Bertz CT molecular complexity index is 929. The second-order valence-corrected chi connectivity index (χ2v) is 7.14. The van der Waals surface area contributed by atoms with E-state index in [1.54, 1.807) is 22.8 Å². The highest BCUT2D eigenvalue weighted by atomic mass is 16.2. The summed E-state index contributed by atoms with van der Waals surface area (Å²) in [5, 5.41) is 4.86. The van der Waals surface area contributed by atoms with Gasteiger partial charge in [0.05, 0.1) is 10.9 Å². The Hall–Kier alpha value is -2.50. The molecule has 0 bridgehead atoms. The maximum Gasteiger partial charge on any atom is 0.271 e. The van der Waals surface area contributed by atoms with Gasteiger partial charge in [0, 0.05) is 24.2 Å². The highest BCUT2D eigenvalue weighted by molar-refractivity contribution is 5.98. The van der Waals surface area contributed by atoms with Crippen LogP contribution >= 0.6 is 0 Å². The fourth-order valence-electron chi connectivity index (χ4n) is 3.78. The van der Waals surface area contributed by atoms with Crippen LogP contribution in [0, 0.1) is 5.92 Å². The second kappa shape index (κ2) is 6.43. The van der Waals surface area contributed by atoms with Crippen LogP contribution in [0.4, 0.5) is 0 Å². The van der Waals surface area contributed by atoms with Gasteiger partial charge in [0.25, 0.3) is 11.5 Å². The van der Waals surface area contributed by atoms with Crippen LogP contribution in [0.15, 0.2) is 28.1 Å². The van der Waals surface area contributed by atoms with Gasteiger partial charge in [0.2, 0.25) is 0 Å². The first-order valence-corrected chi connectivity index (χ1v) is 9.01. The van der Waals surface area contributed by atoms with Crippen molar-refractivity contribution in [2.24, 2.45) is 11.0 Å². The van der Waals surface area contributed by atoms with Crippen LogP contribution in [0.1, 0.15) is 55.2 Å². The lowest BCUT2D eigenvalue weighted by Gasteiger charge is -2.18. The van der Waals surface area contributed by atoms with E-state index in [1.165, 1.54) is 6.42 Å². The predicted molar refractivity (Wildman–Crippen MR) is 96.9 cm³/mol. The van der Waals surface area contributed by atoms with Crippen LogP contribution in [0.5, 0.6) is 0 Å². The topological polar surface area (TPSA) is 76.3 Å². The Kier molecular flexibility index (Phi) is 4.11. The van der Waals surface area contributed by atoms with Gasteiger partial charge in [-0.3, -0.25) is 14.2 Å². The van der Waals surface area contributed by atoms with Crippen molar-refractivity contribution in [3.63, 3.8) is 0 Å². The van der Waals surface area contributed by atoms with E-state index in [2.05, 4.69) is 22.4 Å². The molecule has 6 nitrogen and oxygen atoms in total. The van der Waals surface area contributed by atoms with Crippen LogP contribution in [0.25, 0.3) is 10.9 Å². The minimum atomic E-state index is -0.255. The van der Waals surface area contributed by atoms with Crippen molar-refractivity contribution in [2.45, 2.75) is 52.0 Å². The van der Waals surface area contributed by atoms with Gasteiger partial charge in [0.1, 0.15) is 5.82 Å². The van der Waals surface area contributed by atoms with E-state index in [0.717, 1.165) is 50.2 Å². The molecule has 1 aliphatic heterocycles. The predicted octanol–water partition coefficient (Wildman–Crippen LogP) is 2.64. The number of carbonyl (C=O) groups excluding carboxylic acids is 1. The maximum absolute atomic E-state index is 12.5. The zero-order valence-corrected chi connectivity index (χ0v) is 14.4. The van der Waals surface area contributed by atoms with Crippen molar-refractivity contribution >= 4 is 22.5 Å². The molecule has 1 aromatic carbocycles. The molecule has 2 heterocycles. The SMILES string of the molecule is C[C@H]1CCC/C(=N\NC(=O)c2ccc3c(=O)n4c(nc3c2)CCC4)C1. The van der Waals surface area contributed by atoms with Crippen molar-refractivity contribution in [3.05, 3.63) is 39.9 Å². The fraction of sp³-hybridized carbons (Fsp3) is 0.474. The summed E-state index contributed by atoms with van der Waals surface area (Å²) in [6.07, 6.45) is 6.01. The van der Waals surface area contributed by atoms with Gasteiger partial charge in [-0.25, -0.2) is 10.4 Å². The smallest absolute Gasteiger partial charge is 0.271 e. The third-order valence-electron chi connectivity index (χ3n) is 5.14. The zero-order valence-electron chi connectivity index (χ0n) is 14.4. The van der Waals surface area contributed by atoms with Gasteiger partial charge < -0.3 is 0 Å². The number of benzene rings is 1. The Labute approximate surface area is 146 Å². The van der Waals surface area contributed by atoms with Gasteiger partial charge in [-0.15, -0.1) is 0 Å². The number of fused-ring (bicyclic) bond motifs is 2. The van der Waals surface area contributed by atoms with E-state index in [0.29, 0.717) is 22.4 Å². The molecule has 1 aliphatic carbocycles. The number of nitrogens with one attached hydrogen (secondary N) is 1. The minimum Gasteiger partial charge on any atom is -0.296 e. The Morgan fingerprint density at radius 3 is 3.04 bits per heavy atom. The lowest BCUT2D eigenvalue weighted by atomic mass is 9.89. The summed E-state index contributed by atoms with van der Waals surface area (Å²) in [6, 6.07) is 5.06. The molecule has 1 saturated carbocycles. The number of hydrogen-bond acceptors (Lipinski definition) is 4. The summed E-state index contributed by atoms with van der Waals surface area (Å²) >= 11 is 0. The zero-order chi connectivity index (χ0) is 17.4. The van der Waals surface area contributed by atoms with E-state index in [4.69, 9.17) is 0 Å². The van der Waals surface area contributed by atoms with Gasteiger partial charge >= 0.3 is 0 Å². The number of aromatic nitrogens is 2. The Balaban J connectivity index is 1.59. The van der Waals surface area contributed by atoms with Crippen molar-refractivity contribution in [1.82, 2.24) is 15.0 Å². The standard InChI is InChI=1S/C19H22N4O2/c1-12-4-2-5-14(10-12)21-22-18(24)13-7-8-15-16(11-13)20-17-6-3-9-23(17)19(15)25/h7-8,11-12H,2-6,9-10H2,1H3,(H,22,24)/b21-14+/t12-/m0/s1. The summed E-state index contributed by atoms with van der Waals surface area (Å²) in [4.78, 5) is 29.4. The summed E-state index contributed by atoms with van der Waals surface area (Å²) < 4.78 is 1.73. The third-order valence-corrected chi connectivity index (χ3v) is 5.14. The van der Waals surface area contributed by atoms with Gasteiger partial charge in [-0.2, -0.15) is 5.10 Å². The summed E-state index contributed by atoms with van der Waals surface area (Å²) in [5.41, 5.74) is 4.77. The van der Waals surface area contributed by atoms with Crippen LogP contribution < -0.4 is 11.0 Å². The number of rotatable bonds is 2. The molecule has 25 heavy (non-hydrogen) atoms. The molecule has 0 spiro atoms. The molecule has 2 aromatic rings. The van der Waals surface area contributed by atoms with Gasteiger partial charge in [0.15, 0.2) is 0 Å². The third kappa shape index (κ3) is 3.08. The fourth-order valence-corrected chi connectivity index (χ4v) is 3.78.